The second-order valence-electron chi connectivity index (χ2n) is 11.2. The first-order chi connectivity index (χ1) is 21.4. The third-order valence-corrected chi connectivity index (χ3v) is 11.1. The predicted molar refractivity (Wildman–Crippen MR) is 176 cm³/mol. The van der Waals surface area contributed by atoms with Crippen LogP contribution in [0.3, 0.4) is 0 Å². The second kappa shape index (κ2) is 14.2. The molecule has 1 unspecified atom stereocenters. The van der Waals surface area contributed by atoms with Crippen molar-refractivity contribution >= 4 is 62.2 Å². The molecular formula is C31H36BrF3N4O4S2. The molecule has 2 saturated heterocycles. The van der Waals surface area contributed by atoms with Crippen molar-refractivity contribution in [2.75, 3.05) is 57.9 Å². The van der Waals surface area contributed by atoms with Crippen molar-refractivity contribution in [1.82, 2.24) is 19.3 Å². The fourth-order valence-electron chi connectivity index (χ4n) is 5.83. The van der Waals surface area contributed by atoms with E-state index in [1.807, 2.05) is 17.7 Å². The van der Waals surface area contributed by atoms with Crippen molar-refractivity contribution in [2.45, 2.75) is 30.8 Å². The van der Waals surface area contributed by atoms with E-state index in [1.165, 1.54) is 29.6 Å². The van der Waals surface area contributed by atoms with Crippen molar-refractivity contribution in [2.24, 2.45) is 7.05 Å². The molecule has 244 valence electrons. The normalized spacial score (nSPS) is 18.3. The number of aromatic hydroxyl groups is 1. The highest BCUT2D eigenvalue weighted by molar-refractivity contribution is 9.10. The van der Waals surface area contributed by atoms with Crippen molar-refractivity contribution in [3.05, 3.63) is 62.8 Å². The van der Waals surface area contributed by atoms with Gasteiger partial charge in [-0.2, -0.15) is 24.9 Å². The van der Waals surface area contributed by atoms with E-state index in [-0.39, 0.29) is 24.0 Å². The lowest BCUT2D eigenvalue weighted by atomic mass is 10.0. The molecule has 1 N–H and O–H groups in total. The number of benzene rings is 2. The van der Waals surface area contributed by atoms with Crippen molar-refractivity contribution in [3.63, 3.8) is 0 Å². The predicted octanol–water partition coefficient (Wildman–Crippen LogP) is 6.10. The van der Waals surface area contributed by atoms with Crippen LogP contribution in [-0.2, 0) is 35.1 Å². The Bertz CT molecular complexity index is 1580. The maximum absolute atomic E-state index is 13.5. The number of nitrogens with zero attached hydrogens (tertiary/aromatic N) is 4. The number of aryl methyl sites for hydroxylation is 1. The van der Waals surface area contributed by atoms with Gasteiger partial charge in [-0.05, 0) is 53.7 Å². The number of halogens is 4. The number of likely N-dealkylation sites (N-methyl/N-ethyl adjacent to an activating group) is 1. The number of piperazine rings is 1. The third-order valence-electron chi connectivity index (χ3n) is 8.28. The highest BCUT2D eigenvalue weighted by atomic mass is 79.9. The van der Waals surface area contributed by atoms with Gasteiger partial charge in [0.25, 0.3) is 0 Å². The van der Waals surface area contributed by atoms with Gasteiger partial charge in [0.1, 0.15) is 11.1 Å². The second-order valence-corrected chi connectivity index (χ2v) is 14.2. The van der Waals surface area contributed by atoms with E-state index in [2.05, 4.69) is 32.8 Å². The molecule has 3 aromatic rings. The molecule has 2 aliphatic heterocycles. The molecule has 2 aromatic carbocycles. The first-order valence-electron chi connectivity index (χ1n) is 14.7. The molecule has 8 nitrogen and oxygen atoms in total. The summed E-state index contributed by atoms with van der Waals surface area (Å²) in [7, 11) is 3.96. The van der Waals surface area contributed by atoms with Gasteiger partial charge in [0.15, 0.2) is 0 Å². The average molecular weight is 730 g/mol. The zero-order valence-corrected chi connectivity index (χ0v) is 28.5. The maximum atomic E-state index is 13.5. The van der Waals surface area contributed by atoms with Crippen LogP contribution >= 0.6 is 39.5 Å². The Hall–Kier alpha value is -2.39. The molecule has 2 fully saturated rings. The molecule has 0 bridgehead atoms. The smallest absolute Gasteiger partial charge is 0.416 e. The van der Waals surface area contributed by atoms with Crippen molar-refractivity contribution in [3.8, 4) is 5.75 Å². The van der Waals surface area contributed by atoms with Crippen LogP contribution in [0.25, 0.3) is 10.9 Å². The molecule has 14 heteroatoms. The number of hydrogen-bond acceptors (Lipinski definition) is 8. The van der Waals surface area contributed by atoms with E-state index >= 15 is 0 Å². The van der Waals surface area contributed by atoms with Gasteiger partial charge in [0.2, 0.25) is 5.91 Å². The van der Waals surface area contributed by atoms with E-state index in [0.29, 0.717) is 51.1 Å². The van der Waals surface area contributed by atoms with Crippen LogP contribution in [0.1, 0.15) is 45.0 Å². The quantitative estimate of drug-likeness (QED) is 0.199. The van der Waals surface area contributed by atoms with Gasteiger partial charge in [-0.15, -0.1) is 11.8 Å². The topological polar surface area (TPSA) is 78.2 Å². The lowest BCUT2D eigenvalue weighted by Crippen LogP contribution is -2.43. The van der Waals surface area contributed by atoms with Gasteiger partial charge in [0, 0.05) is 74.5 Å². The Labute approximate surface area is 277 Å². The highest BCUT2D eigenvalue weighted by Gasteiger charge is 2.36. The number of carbonyl (C=O) groups is 2. The van der Waals surface area contributed by atoms with E-state index in [1.54, 1.807) is 17.9 Å². The van der Waals surface area contributed by atoms with Gasteiger partial charge in [-0.25, -0.2) is 4.79 Å². The highest BCUT2D eigenvalue weighted by Crippen LogP contribution is 2.42. The van der Waals surface area contributed by atoms with Gasteiger partial charge in [0.05, 0.1) is 33.5 Å². The molecule has 1 amide bonds. The van der Waals surface area contributed by atoms with E-state index in [0.717, 1.165) is 49.5 Å². The number of hydrogen-bond donors (Lipinski definition) is 1. The number of esters is 1. The Balaban J connectivity index is 1.39. The van der Waals surface area contributed by atoms with E-state index in [9.17, 15) is 27.9 Å². The first-order valence-corrected chi connectivity index (χ1v) is 17.7. The van der Waals surface area contributed by atoms with Crippen LogP contribution in [0.15, 0.2) is 34.8 Å². The molecule has 0 radical (unpaired) electrons. The molecule has 0 aliphatic carbocycles. The summed E-state index contributed by atoms with van der Waals surface area (Å²) >= 11 is 6.36. The summed E-state index contributed by atoms with van der Waals surface area (Å²) in [6, 6.07) is 6.96. The van der Waals surface area contributed by atoms with Crippen LogP contribution < -0.4 is 0 Å². The number of carbonyl (C=O) groups excluding carboxylic acids is 2. The number of ether oxygens (including phenoxy) is 1. The minimum absolute atomic E-state index is 0.0995. The van der Waals surface area contributed by atoms with Crippen molar-refractivity contribution < 1.29 is 32.6 Å². The molecule has 0 spiro atoms. The maximum Gasteiger partial charge on any atom is 0.416 e. The SMILES string of the molecule is CCOC(=O)c1c(CSCCN2C(=O)CSC2c2cccc(C(F)(F)F)c2)n(C)c2cc(Br)c(O)c(CN3CCN(C)CC3)c12. The largest absolute Gasteiger partial charge is 0.506 e. The number of thioether (sulfide) groups is 2. The van der Waals surface area contributed by atoms with Crippen LogP contribution in [0.5, 0.6) is 5.75 Å². The Morgan fingerprint density at radius 3 is 2.60 bits per heavy atom. The molecule has 2 aliphatic rings. The number of rotatable bonds is 10. The number of phenolic OH excluding ortho intramolecular Hbond substituents is 1. The lowest BCUT2D eigenvalue weighted by molar-refractivity contribution is -0.137. The Morgan fingerprint density at radius 2 is 1.91 bits per heavy atom. The summed E-state index contributed by atoms with van der Waals surface area (Å²) in [5, 5.41) is 11.4. The van der Waals surface area contributed by atoms with Gasteiger partial charge in [-0.3, -0.25) is 9.69 Å². The Kier molecular flexibility index (Phi) is 10.7. The van der Waals surface area contributed by atoms with Crippen LogP contribution in [-0.4, -0.2) is 94.1 Å². The number of fused-ring (bicyclic) bond motifs is 1. The minimum Gasteiger partial charge on any atom is -0.506 e. The number of aromatic nitrogens is 1. The monoisotopic (exact) mass is 728 g/mol. The fourth-order valence-corrected chi connectivity index (χ4v) is 8.49. The third kappa shape index (κ3) is 7.29. The number of amides is 1. The first kappa shape index (κ1) is 34.0. The van der Waals surface area contributed by atoms with E-state index in [4.69, 9.17) is 4.74 Å². The van der Waals surface area contributed by atoms with Gasteiger partial charge in [-0.1, -0.05) is 12.1 Å². The minimum atomic E-state index is -4.46. The van der Waals surface area contributed by atoms with Crippen LogP contribution in [0, 0.1) is 0 Å². The zero-order chi connectivity index (χ0) is 32.5. The fraction of sp³-hybridized carbons (Fsp3) is 0.484. The summed E-state index contributed by atoms with van der Waals surface area (Å²) in [5.41, 5.74) is 2.33. The molecule has 0 saturated carbocycles. The summed E-state index contributed by atoms with van der Waals surface area (Å²) in [6.07, 6.45) is -4.46. The molecule has 45 heavy (non-hydrogen) atoms. The number of alkyl halides is 3. The zero-order valence-electron chi connectivity index (χ0n) is 25.3. The summed E-state index contributed by atoms with van der Waals surface area (Å²) < 4.78 is 48.0. The molecule has 1 aromatic heterocycles. The molecule has 3 heterocycles. The van der Waals surface area contributed by atoms with E-state index < -0.39 is 23.1 Å². The summed E-state index contributed by atoms with van der Waals surface area (Å²) in [6.45, 7) is 6.26. The summed E-state index contributed by atoms with van der Waals surface area (Å²) in [5.74, 6) is 0.659. The molecular weight excluding hydrogens is 693 g/mol. The van der Waals surface area contributed by atoms with Crippen LogP contribution in [0.2, 0.25) is 0 Å². The van der Waals surface area contributed by atoms with Gasteiger partial charge >= 0.3 is 12.1 Å². The Morgan fingerprint density at radius 1 is 1.18 bits per heavy atom. The van der Waals surface area contributed by atoms with Gasteiger partial charge < -0.3 is 24.2 Å². The van der Waals surface area contributed by atoms with Crippen molar-refractivity contribution in [1.29, 1.82) is 0 Å². The summed E-state index contributed by atoms with van der Waals surface area (Å²) in [4.78, 5) is 32.4. The standard InChI is InChI=1S/C31H36BrF3N4O4S2/c1-4-43-30(42)27-24(37(3)23-15-22(32)28(41)21(26(23)27)16-38-10-8-36(2)9-11-38)17-44-13-12-39-25(40)18-45-29(39)19-6-5-7-20(14-19)31(33,34)35/h5-7,14-15,29,41H,4,8-13,16-18H2,1-3H3. The molecule has 5 rings (SSSR count). The van der Waals surface area contributed by atoms with Crippen LogP contribution in [0.4, 0.5) is 13.2 Å². The number of phenols is 1. The average Bonchev–Trinajstić information content (AvgIpc) is 3.50. The molecule has 1 atom stereocenters. The lowest BCUT2D eigenvalue weighted by Gasteiger charge is -2.32.